The number of hydrogen-bond donors (Lipinski definition) is 0. The average Bonchev–Trinajstić information content (AvgIpc) is 2.66. The molecule has 0 radical (unpaired) electrons. The summed E-state index contributed by atoms with van der Waals surface area (Å²) in [6, 6.07) is 7.57. The zero-order valence-corrected chi connectivity index (χ0v) is 20.0. The van der Waals surface area contributed by atoms with E-state index in [-0.39, 0.29) is 5.41 Å². The van der Waals surface area contributed by atoms with Crippen molar-refractivity contribution in [3.63, 3.8) is 0 Å². The summed E-state index contributed by atoms with van der Waals surface area (Å²) in [7, 11) is -2.89. The van der Waals surface area contributed by atoms with E-state index in [1.807, 2.05) is 0 Å². The molecule has 144 valence electrons. The second kappa shape index (κ2) is 10.1. The molecule has 0 N–H and O–H groups in total. The first-order valence-corrected chi connectivity index (χ1v) is 15.9. The van der Waals surface area contributed by atoms with Gasteiger partial charge in [0.1, 0.15) is 8.07 Å². The largest absolute Gasteiger partial charge is 0.416 e. The second-order valence-electron chi connectivity index (χ2n) is 8.14. The van der Waals surface area contributed by atoms with Gasteiger partial charge < -0.3 is 4.43 Å². The highest BCUT2D eigenvalue weighted by Gasteiger charge is 2.37. The maximum atomic E-state index is 6.65. The van der Waals surface area contributed by atoms with Crippen molar-refractivity contribution >= 4 is 16.4 Å². The summed E-state index contributed by atoms with van der Waals surface area (Å²) in [4.78, 5) is 0. The van der Waals surface area contributed by atoms with Gasteiger partial charge >= 0.3 is 0 Å². The van der Waals surface area contributed by atoms with Gasteiger partial charge in [0, 0.05) is 17.9 Å². The molecule has 1 rings (SSSR count). The second-order valence-corrected chi connectivity index (χ2v) is 17.8. The molecule has 1 aliphatic carbocycles. The summed E-state index contributed by atoms with van der Waals surface area (Å²) in [5.41, 5.74) is 3.97. The Hall–Kier alpha value is -0.306. The van der Waals surface area contributed by atoms with Gasteiger partial charge in [-0.2, -0.15) is 0 Å². The van der Waals surface area contributed by atoms with Gasteiger partial charge in [-0.25, -0.2) is 0 Å². The molecule has 0 bridgehead atoms. The van der Waals surface area contributed by atoms with Crippen molar-refractivity contribution in [1.82, 2.24) is 0 Å². The van der Waals surface area contributed by atoms with E-state index in [0.29, 0.717) is 5.92 Å². The molecule has 1 aliphatic rings. The Morgan fingerprint density at radius 1 is 0.960 bits per heavy atom. The first-order valence-electron chi connectivity index (χ1n) is 10.7. The molecule has 2 atom stereocenters. The van der Waals surface area contributed by atoms with E-state index in [4.69, 9.17) is 4.43 Å². The van der Waals surface area contributed by atoms with Gasteiger partial charge in [0.05, 0.1) is 0 Å². The van der Waals surface area contributed by atoms with Crippen molar-refractivity contribution < 1.29 is 4.43 Å². The van der Waals surface area contributed by atoms with E-state index in [2.05, 4.69) is 72.1 Å². The lowest BCUT2D eigenvalue weighted by atomic mass is 9.72. The number of hydrogen-bond acceptors (Lipinski definition) is 1. The molecule has 0 unspecified atom stereocenters. The Labute approximate surface area is 160 Å². The third-order valence-corrected chi connectivity index (χ3v) is 16.5. The standard InChI is InChI=1S/C22H42OSi2/c1-8-24(9-2,10-3)19-18-22(7)17-15-14-16-21(22)20-23-25(11-4,12-5)13-6/h14,16,21H,8-13,15,17,20H2,1-7H3/t21-,22+/m1/s1. The number of allylic oxidation sites excluding steroid dienone is 1. The van der Waals surface area contributed by atoms with Crippen molar-refractivity contribution in [2.75, 3.05) is 6.61 Å². The Balaban J connectivity index is 2.99. The fourth-order valence-electron chi connectivity index (χ4n) is 4.05. The highest BCUT2D eigenvalue weighted by molar-refractivity contribution is 6.87. The van der Waals surface area contributed by atoms with Crippen LogP contribution in [0.2, 0.25) is 36.3 Å². The molecular formula is C22H42OSi2. The van der Waals surface area contributed by atoms with Crippen molar-refractivity contribution in [2.24, 2.45) is 11.3 Å². The fourth-order valence-corrected chi connectivity index (χ4v) is 9.28. The quantitative estimate of drug-likeness (QED) is 0.238. The first kappa shape index (κ1) is 22.7. The molecule has 3 heteroatoms. The SMILES string of the molecule is CC[Si](C#C[C@]1(C)CCC=C[C@@H]1CO[Si](CC)(CC)CC)(CC)CC. The summed E-state index contributed by atoms with van der Waals surface area (Å²) in [5.74, 6) is 4.29. The van der Waals surface area contributed by atoms with E-state index in [1.165, 1.54) is 49.1 Å². The summed E-state index contributed by atoms with van der Waals surface area (Å²) in [5, 5.41) is 0. The first-order chi connectivity index (χ1) is 11.9. The third-order valence-electron chi connectivity index (χ3n) is 7.16. The normalized spacial score (nSPS) is 24.0. The van der Waals surface area contributed by atoms with Gasteiger partial charge in [0.25, 0.3) is 0 Å². The van der Waals surface area contributed by atoms with Gasteiger partial charge in [-0.15, -0.1) is 11.5 Å². The molecule has 0 spiro atoms. The van der Waals surface area contributed by atoms with Gasteiger partial charge in [-0.05, 0) is 56.0 Å². The van der Waals surface area contributed by atoms with Gasteiger partial charge in [0.15, 0.2) is 8.32 Å². The molecular weight excluding hydrogens is 336 g/mol. The van der Waals surface area contributed by atoms with Crippen LogP contribution in [0.1, 0.15) is 61.3 Å². The Morgan fingerprint density at radius 2 is 1.52 bits per heavy atom. The van der Waals surface area contributed by atoms with Crippen LogP contribution in [0.25, 0.3) is 0 Å². The van der Waals surface area contributed by atoms with Gasteiger partial charge in [0.2, 0.25) is 0 Å². The highest BCUT2D eigenvalue weighted by Crippen LogP contribution is 2.38. The average molecular weight is 379 g/mol. The molecule has 0 fully saturated rings. The minimum atomic E-state index is -1.52. The van der Waals surface area contributed by atoms with Crippen LogP contribution >= 0.6 is 0 Å². The summed E-state index contributed by atoms with van der Waals surface area (Å²) >= 11 is 0. The van der Waals surface area contributed by atoms with E-state index in [1.54, 1.807) is 0 Å². The molecule has 25 heavy (non-hydrogen) atoms. The third kappa shape index (κ3) is 5.58. The minimum Gasteiger partial charge on any atom is -0.416 e. The van der Waals surface area contributed by atoms with Crippen molar-refractivity contribution in [2.45, 2.75) is 97.6 Å². The monoisotopic (exact) mass is 378 g/mol. The van der Waals surface area contributed by atoms with Crippen LogP contribution in [-0.4, -0.2) is 23.0 Å². The van der Waals surface area contributed by atoms with Gasteiger partial charge in [-0.3, -0.25) is 0 Å². The van der Waals surface area contributed by atoms with E-state index in [0.717, 1.165) is 6.61 Å². The molecule has 0 aromatic heterocycles. The molecule has 0 aromatic rings. The summed E-state index contributed by atoms with van der Waals surface area (Å²) < 4.78 is 6.65. The van der Waals surface area contributed by atoms with E-state index < -0.39 is 16.4 Å². The predicted molar refractivity (Wildman–Crippen MR) is 118 cm³/mol. The Kier molecular flexibility index (Phi) is 9.22. The van der Waals surface area contributed by atoms with Crippen LogP contribution in [0.5, 0.6) is 0 Å². The minimum absolute atomic E-state index is 0.0991. The molecule has 0 saturated carbocycles. The van der Waals surface area contributed by atoms with Crippen LogP contribution in [0.3, 0.4) is 0 Å². The molecule has 1 nitrogen and oxygen atoms in total. The smallest absolute Gasteiger partial charge is 0.192 e. The van der Waals surface area contributed by atoms with Crippen molar-refractivity contribution in [1.29, 1.82) is 0 Å². The van der Waals surface area contributed by atoms with Gasteiger partial charge in [-0.1, -0.05) is 53.7 Å². The Bertz CT molecular complexity index is 463. The fraction of sp³-hybridized carbons (Fsp3) is 0.818. The van der Waals surface area contributed by atoms with Crippen LogP contribution in [0, 0.1) is 22.8 Å². The van der Waals surface area contributed by atoms with Crippen LogP contribution in [0.4, 0.5) is 0 Å². The summed E-state index contributed by atoms with van der Waals surface area (Å²) in [6.45, 7) is 17.3. The van der Waals surface area contributed by atoms with E-state index >= 15 is 0 Å². The molecule has 0 amide bonds. The van der Waals surface area contributed by atoms with Crippen LogP contribution in [-0.2, 0) is 4.43 Å². The lowest BCUT2D eigenvalue weighted by Gasteiger charge is -2.38. The van der Waals surface area contributed by atoms with Crippen LogP contribution in [0.15, 0.2) is 12.2 Å². The lowest BCUT2D eigenvalue weighted by molar-refractivity contribution is 0.174. The maximum Gasteiger partial charge on any atom is 0.192 e. The van der Waals surface area contributed by atoms with Crippen LogP contribution < -0.4 is 0 Å². The summed E-state index contributed by atoms with van der Waals surface area (Å²) in [6.07, 6.45) is 7.11. The molecule has 0 heterocycles. The molecule has 0 saturated heterocycles. The maximum absolute atomic E-state index is 6.65. The number of rotatable bonds is 9. The highest BCUT2D eigenvalue weighted by atomic mass is 28.4. The topological polar surface area (TPSA) is 9.23 Å². The predicted octanol–water partition coefficient (Wildman–Crippen LogP) is 7.03. The van der Waals surface area contributed by atoms with E-state index in [9.17, 15) is 0 Å². The molecule has 0 aromatic carbocycles. The lowest BCUT2D eigenvalue weighted by Crippen LogP contribution is -2.40. The van der Waals surface area contributed by atoms with Crippen molar-refractivity contribution in [3.05, 3.63) is 12.2 Å². The zero-order valence-electron chi connectivity index (χ0n) is 18.0. The molecule has 0 aliphatic heterocycles. The zero-order chi connectivity index (χ0) is 19.0. The van der Waals surface area contributed by atoms with Crippen molar-refractivity contribution in [3.8, 4) is 11.5 Å². The Morgan fingerprint density at radius 3 is 2.00 bits per heavy atom.